The molecule has 0 unspecified atom stereocenters. The molecule has 0 radical (unpaired) electrons. The van der Waals surface area contributed by atoms with Crippen molar-refractivity contribution < 1.29 is 98.3 Å². The molecule has 0 spiro atoms. The van der Waals surface area contributed by atoms with Gasteiger partial charge in [0.25, 0.3) is 47.3 Å². The lowest BCUT2D eigenvalue weighted by Gasteiger charge is -2.24. The molecule has 6 aliphatic heterocycles. The van der Waals surface area contributed by atoms with Crippen LogP contribution in [-0.4, -0.2) is 87.1 Å². The van der Waals surface area contributed by atoms with Crippen LogP contribution in [-0.2, 0) is 27.4 Å². The molecule has 444 valence electrons. The smallest absolute Gasteiger partial charge is 0.410 e. The molecular formula is C54H36Br2F6N8O16. The van der Waals surface area contributed by atoms with Crippen molar-refractivity contribution >= 4 is 115 Å². The highest BCUT2D eigenvalue weighted by Crippen LogP contribution is 2.31. The van der Waals surface area contributed by atoms with E-state index in [2.05, 4.69) is 53.0 Å². The van der Waals surface area contributed by atoms with E-state index in [1.165, 1.54) is 24.3 Å². The molecular weight excluding hydrogens is 1290 g/mol. The highest BCUT2D eigenvalue weighted by atomic mass is 79.9. The van der Waals surface area contributed by atoms with Gasteiger partial charge in [-0.25, -0.2) is 36.3 Å². The molecule has 12 rings (SSSR count). The minimum Gasteiger partial charge on any atom is -0.444 e. The molecule has 6 aromatic rings. The molecule has 0 atom stereocenters. The number of amides is 10. The van der Waals surface area contributed by atoms with Gasteiger partial charge in [0, 0.05) is 19.2 Å². The number of carbonyl (C=O) groups excluding carboxylic acids is 12. The van der Waals surface area contributed by atoms with Gasteiger partial charge in [0.1, 0.15) is 34.7 Å². The Labute approximate surface area is 493 Å². The number of hydrogen-bond donors (Lipinski definition) is 6. The Hall–Kier alpha value is -10.5. The van der Waals surface area contributed by atoms with E-state index in [0.717, 1.165) is 59.7 Å². The van der Waals surface area contributed by atoms with E-state index in [1.807, 2.05) is 31.4 Å². The standard InChI is InChI=1S/C13H15BrFNO2.C8H3BrFNO2.C8H3FN2O4.C8H5FN2O2.C8H4FNO2.C8H3FO3.CH3NO/c1-13(2,3)18-12(17)16-6-8-4-10(14)11(15)5-9(8)7-16;9-5-1-3-4(2-6(5)10)8(13)11-7(3)12;9-5-1-3-4(2-6(5)11(14)15)8(13)10-7(3)12;9-5-1-3-4(2-6(5)10)8(13)11-7(3)12;9-4-1-2-5-6(3-4)8(12)10-7(5)11;9-4-1-2-5-6(3-4)8(11)12-7(5)10;2-1-3/h4-5H,6-7H2,1-3H3;1-2H,(H,11,12,13);1-2H,(H,10,12,13);1-2H,10H2,(H,11,12,13);1-3H,(H,10,11,12);1-3H;1H,(H2,2,3). The molecule has 0 saturated carbocycles. The Balaban J connectivity index is 0.000000164. The maximum absolute atomic E-state index is 13.4. The number of nitro benzene ring substituents is 1. The van der Waals surface area contributed by atoms with Gasteiger partial charge in [-0.15, -0.1) is 0 Å². The largest absolute Gasteiger partial charge is 0.444 e. The number of carbonyl (C=O) groups is 12. The van der Waals surface area contributed by atoms with E-state index >= 15 is 0 Å². The number of rotatable bonds is 1. The first kappa shape index (κ1) is 64.7. The van der Waals surface area contributed by atoms with Gasteiger partial charge in [0.05, 0.1) is 75.2 Å². The van der Waals surface area contributed by atoms with E-state index in [4.69, 9.17) is 15.3 Å². The molecule has 6 heterocycles. The first-order valence-electron chi connectivity index (χ1n) is 23.7. The molecule has 32 heteroatoms. The predicted octanol–water partition coefficient (Wildman–Crippen LogP) is 7.17. The zero-order valence-corrected chi connectivity index (χ0v) is 46.9. The van der Waals surface area contributed by atoms with Gasteiger partial charge in [0.2, 0.25) is 12.2 Å². The number of nitrogens with two attached hydrogens (primary N) is 2. The van der Waals surface area contributed by atoms with E-state index in [1.54, 1.807) is 11.0 Å². The van der Waals surface area contributed by atoms with Crippen LogP contribution in [0, 0.1) is 45.0 Å². The molecule has 8 N–H and O–H groups in total. The van der Waals surface area contributed by atoms with E-state index in [9.17, 15) is 89.2 Å². The topological polar surface area (TPSA) is 370 Å². The molecule has 0 aromatic heterocycles. The SMILES string of the molecule is CC(C)(C)OC(=O)N1Cc2cc(F)c(Br)cc2C1.NC=O.Nc1cc2c(cc1F)C(=O)NC2=O.O=C1NC(=O)c2cc(Br)c(F)cc21.O=C1NC(=O)c2cc(F)ccc21.O=C1NC(=O)c2cc([N+](=O)[O-])c(F)cc21.O=C1OC(=O)c2cc(F)ccc21. The molecule has 0 aliphatic carbocycles. The quantitative estimate of drug-likeness (QED) is 0.0139. The molecule has 6 aromatic carbocycles. The lowest BCUT2D eigenvalue weighted by molar-refractivity contribution is -0.387. The minimum absolute atomic E-state index is 0.000000000000000444. The van der Waals surface area contributed by atoms with Crippen LogP contribution >= 0.6 is 31.9 Å². The summed E-state index contributed by atoms with van der Waals surface area (Å²) < 4.78 is 87.5. The first-order chi connectivity index (χ1) is 40.2. The van der Waals surface area contributed by atoms with Crippen LogP contribution in [0.4, 0.5) is 42.5 Å². The second-order valence-corrected chi connectivity index (χ2v) is 20.2. The van der Waals surface area contributed by atoms with E-state index in [-0.39, 0.29) is 84.1 Å². The third kappa shape index (κ3) is 15.0. The van der Waals surface area contributed by atoms with Gasteiger partial charge in [-0.1, -0.05) is 0 Å². The van der Waals surface area contributed by atoms with Gasteiger partial charge < -0.3 is 20.9 Å². The number of ether oxygens (including phenoxy) is 2. The Morgan fingerprint density at radius 2 is 0.907 bits per heavy atom. The van der Waals surface area contributed by atoms with Crippen molar-refractivity contribution in [2.75, 3.05) is 5.73 Å². The summed E-state index contributed by atoms with van der Waals surface area (Å²) in [6.45, 7) is 6.33. The van der Waals surface area contributed by atoms with Crippen molar-refractivity contribution in [1.82, 2.24) is 26.2 Å². The summed E-state index contributed by atoms with van der Waals surface area (Å²) in [5.74, 6) is -9.90. The molecule has 10 amide bonds. The Morgan fingerprint density at radius 3 is 1.40 bits per heavy atom. The van der Waals surface area contributed by atoms with Crippen LogP contribution < -0.4 is 32.7 Å². The van der Waals surface area contributed by atoms with Crippen LogP contribution in [0.25, 0.3) is 0 Å². The predicted molar refractivity (Wildman–Crippen MR) is 288 cm³/mol. The summed E-state index contributed by atoms with van der Waals surface area (Å²) in [5, 5.41) is 18.4. The summed E-state index contributed by atoms with van der Waals surface area (Å²) in [7, 11) is 0. The first-order valence-corrected chi connectivity index (χ1v) is 25.3. The van der Waals surface area contributed by atoms with Crippen molar-refractivity contribution in [2.24, 2.45) is 5.73 Å². The highest BCUT2D eigenvalue weighted by molar-refractivity contribution is 9.10. The highest BCUT2D eigenvalue weighted by Gasteiger charge is 2.34. The number of primary amides is 1. The van der Waals surface area contributed by atoms with Crippen LogP contribution in [0.2, 0.25) is 0 Å². The third-order valence-corrected chi connectivity index (χ3v) is 12.8. The number of halogens is 8. The molecule has 0 bridgehead atoms. The minimum atomic E-state index is -1.14. The second-order valence-electron chi connectivity index (χ2n) is 18.5. The normalized spacial score (nSPS) is 13.9. The van der Waals surface area contributed by atoms with Crippen molar-refractivity contribution in [3.8, 4) is 0 Å². The fourth-order valence-electron chi connectivity index (χ4n) is 7.72. The van der Waals surface area contributed by atoms with Gasteiger partial charge >= 0.3 is 23.7 Å². The van der Waals surface area contributed by atoms with Crippen molar-refractivity contribution in [2.45, 2.75) is 39.5 Å². The Kier molecular flexibility index (Phi) is 19.8. The van der Waals surface area contributed by atoms with Crippen LogP contribution in [0.15, 0.2) is 93.9 Å². The lowest BCUT2D eigenvalue weighted by Crippen LogP contribution is -2.33. The second kappa shape index (κ2) is 26.4. The van der Waals surface area contributed by atoms with E-state index < -0.39 is 104 Å². The fourth-order valence-corrected chi connectivity index (χ4v) is 8.46. The lowest BCUT2D eigenvalue weighted by atomic mass is 10.1. The average Bonchev–Trinajstić information content (AvgIpc) is 2.26. The number of cyclic esters (lactones) is 2. The van der Waals surface area contributed by atoms with Crippen molar-refractivity contribution in [3.63, 3.8) is 0 Å². The molecule has 0 saturated heterocycles. The third-order valence-electron chi connectivity index (χ3n) is 11.6. The van der Waals surface area contributed by atoms with Gasteiger partial charge in [-0.05, 0) is 143 Å². The number of benzene rings is 6. The summed E-state index contributed by atoms with van der Waals surface area (Å²) in [4.78, 5) is 141. The number of fused-ring (bicyclic) bond motifs is 6. The summed E-state index contributed by atoms with van der Waals surface area (Å²) in [6.07, 6.45) is -0.116. The summed E-state index contributed by atoms with van der Waals surface area (Å²) in [6, 6.07) is 15.9. The van der Waals surface area contributed by atoms with Gasteiger partial charge in [0.15, 0.2) is 0 Å². The van der Waals surface area contributed by atoms with Crippen LogP contribution in [0.5, 0.6) is 0 Å². The zero-order chi connectivity index (χ0) is 64.0. The molecule has 0 fully saturated rings. The number of hydrogen-bond acceptors (Lipinski definition) is 17. The number of esters is 2. The van der Waals surface area contributed by atoms with Crippen LogP contribution in [0.1, 0.15) is 135 Å². The average molecular weight is 1330 g/mol. The zero-order valence-electron chi connectivity index (χ0n) is 43.7. The number of nitrogens with zero attached hydrogens (tertiary/aromatic N) is 2. The van der Waals surface area contributed by atoms with Crippen LogP contribution in [0.3, 0.4) is 0 Å². The van der Waals surface area contributed by atoms with Crippen molar-refractivity contribution in [3.05, 3.63) is 206 Å². The van der Waals surface area contributed by atoms with Gasteiger partial charge in [-0.2, -0.15) is 4.39 Å². The number of imide groups is 4. The summed E-state index contributed by atoms with van der Waals surface area (Å²) in [5.41, 5.74) is 10.3. The number of nitrogens with one attached hydrogen (secondary N) is 4. The monoisotopic (exact) mass is 1320 g/mol. The molecule has 24 nitrogen and oxygen atoms in total. The van der Waals surface area contributed by atoms with E-state index in [0.29, 0.717) is 23.6 Å². The van der Waals surface area contributed by atoms with Crippen molar-refractivity contribution in [1.29, 1.82) is 0 Å². The number of nitro groups is 1. The molecule has 6 aliphatic rings. The Morgan fingerprint density at radius 1 is 0.547 bits per heavy atom. The maximum Gasteiger partial charge on any atom is 0.410 e. The molecule has 86 heavy (non-hydrogen) atoms. The maximum atomic E-state index is 13.4. The fraction of sp³-hybridized carbons (Fsp3) is 0.111. The number of anilines is 1. The summed E-state index contributed by atoms with van der Waals surface area (Å²) >= 11 is 6.07. The Bertz CT molecular complexity index is 3730. The number of nitrogen functional groups attached to an aromatic ring is 1. The van der Waals surface area contributed by atoms with Gasteiger partial charge in [-0.3, -0.25) is 79.4 Å².